The summed E-state index contributed by atoms with van der Waals surface area (Å²) < 4.78 is 0. The van der Waals surface area contributed by atoms with Crippen LogP contribution in [-0.4, -0.2) is 17.1 Å². The number of para-hydroxylation sites is 1. The first-order valence-corrected chi connectivity index (χ1v) is 9.47. The first-order chi connectivity index (χ1) is 13.9. The summed E-state index contributed by atoms with van der Waals surface area (Å²) in [5.41, 5.74) is 3.06. The molecular formula is C21H18N4O3S. The molecule has 3 rings (SSSR count). The Bertz CT molecular complexity index is 1090. The van der Waals surface area contributed by atoms with Crippen molar-refractivity contribution >= 4 is 34.0 Å². The fourth-order valence-electron chi connectivity index (χ4n) is 2.84. The van der Waals surface area contributed by atoms with Crippen molar-refractivity contribution in [3.8, 4) is 6.07 Å². The topological polar surface area (TPSA) is 119 Å². The Morgan fingerprint density at radius 3 is 2.41 bits per heavy atom. The molecule has 0 aliphatic heterocycles. The normalized spacial score (nSPS) is 10.2. The van der Waals surface area contributed by atoms with Crippen LogP contribution in [0.3, 0.4) is 0 Å². The lowest BCUT2D eigenvalue weighted by Crippen LogP contribution is -2.37. The zero-order valence-corrected chi connectivity index (χ0v) is 16.4. The lowest BCUT2D eigenvalue weighted by atomic mass is 10.0. The molecule has 1 heterocycles. The molecule has 0 aliphatic rings. The average Bonchev–Trinajstić information content (AvgIpc) is 3.01. The molecule has 1 aromatic heterocycles. The van der Waals surface area contributed by atoms with Crippen LogP contribution in [0.15, 0.2) is 54.6 Å². The van der Waals surface area contributed by atoms with Crippen LogP contribution in [0.25, 0.3) is 0 Å². The van der Waals surface area contributed by atoms with Crippen molar-refractivity contribution in [2.24, 2.45) is 5.84 Å². The summed E-state index contributed by atoms with van der Waals surface area (Å²) >= 11 is 1.24. The van der Waals surface area contributed by atoms with Gasteiger partial charge in [0, 0.05) is 16.9 Å². The fraction of sp³-hybridized carbons (Fsp3) is 0.0952. The molecule has 0 saturated carbocycles. The Labute approximate surface area is 171 Å². The van der Waals surface area contributed by atoms with Crippen molar-refractivity contribution in [3.05, 3.63) is 81.7 Å². The van der Waals surface area contributed by atoms with Gasteiger partial charge in [0.1, 0.15) is 11.1 Å². The summed E-state index contributed by atoms with van der Waals surface area (Å²) in [4.78, 5) is 24.4. The van der Waals surface area contributed by atoms with Gasteiger partial charge in [-0.2, -0.15) is 5.26 Å². The minimum atomic E-state index is -1.21. The second kappa shape index (κ2) is 8.56. The van der Waals surface area contributed by atoms with Crippen molar-refractivity contribution in [2.75, 3.05) is 10.3 Å². The number of amides is 2. The van der Waals surface area contributed by atoms with E-state index in [0.29, 0.717) is 28.2 Å². The molecule has 146 valence electrons. The maximum absolute atomic E-state index is 12.6. The standard InChI is InChI=1S/C21H18N4O3S/c1-13-17(12-22)19(24-21(27)28)29-18(13)11-14-7-9-15(10-8-14)20(26)25(23)16-5-3-2-4-6-16/h2-10,24H,11,23H2,1H3,(H,27,28). The number of hydrogen-bond donors (Lipinski definition) is 3. The number of carboxylic acid groups (broad SMARTS) is 1. The molecule has 0 spiro atoms. The maximum Gasteiger partial charge on any atom is 0.409 e. The number of nitrogens with two attached hydrogens (primary N) is 1. The van der Waals surface area contributed by atoms with Crippen LogP contribution in [0.5, 0.6) is 0 Å². The molecule has 3 aromatic rings. The Morgan fingerprint density at radius 2 is 1.83 bits per heavy atom. The van der Waals surface area contributed by atoms with E-state index in [1.807, 2.05) is 24.3 Å². The monoisotopic (exact) mass is 406 g/mol. The number of hydrazine groups is 1. The Morgan fingerprint density at radius 1 is 1.17 bits per heavy atom. The SMILES string of the molecule is Cc1c(Cc2ccc(C(=O)N(N)c3ccccc3)cc2)sc(NC(=O)O)c1C#N. The first-order valence-electron chi connectivity index (χ1n) is 8.66. The van der Waals surface area contributed by atoms with E-state index in [1.165, 1.54) is 11.3 Å². The largest absolute Gasteiger partial charge is 0.465 e. The summed E-state index contributed by atoms with van der Waals surface area (Å²) in [6.07, 6.45) is -0.687. The molecular weight excluding hydrogens is 388 g/mol. The predicted molar refractivity (Wildman–Crippen MR) is 112 cm³/mol. The number of nitrogens with zero attached hydrogens (tertiary/aromatic N) is 2. The number of carbonyl (C=O) groups is 2. The molecule has 0 unspecified atom stereocenters. The van der Waals surface area contributed by atoms with Crippen molar-refractivity contribution in [2.45, 2.75) is 13.3 Å². The number of thiophene rings is 1. The van der Waals surface area contributed by atoms with E-state index in [-0.39, 0.29) is 5.91 Å². The predicted octanol–water partition coefficient (Wildman–Crippen LogP) is 4.13. The molecule has 4 N–H and O–H groups in total. The van der Waals surface area contributed by atoms with E-state index in [9.17, 15) is 14.9 Å². The molecule has 0 atom stereocenters. The second-order valence-electron chi connectivity index (χ2n) is 6.28. The highest BCUT2D eigenvalue weighted by atomic mass is 32.1. The molecule has 2 aromatic carbocycles. The number of nitrogens with one attached hydrogen (secondary N) is 1. The summed E-state index contributed by atoms with van der Waals surface area (Å²) in [5.74, 6) is 5.60. The molecule has 0 saturated heterocycles. The van der Waals surface area contributed by atoms with Crippen LogP contribution in [0.4, 0.5) is 15.5 Å². The van der Waals surface area contributed by atoms with Gasteiger partial charge in [0.25, 0.3) is 5.91 Å². The lowest BCUT2D eigenvalue weighted by molar-refractivity contribution is 0.0987. The average molecular weight is 406 g/mol. The van der Waals surface area contributed by atoms with Crippen LogP contribution in [0.1, 0.15) is 31.9 Å². The van der Waals surface area contributed by atoms with Gasteiger partial charge in [-0.05, 0) is 42.3 Å². The number of rotatable bonds is 5. The van der Waals surface area contributed by atoms with Crippen LogP contribution in [-0.2, 0) is 6.42 Å². The lowest BCUT2D eigenvalue weighted by Gasteiger charge is -2.16. The summed E-state index contributed by atoms with van der Waals surface area (Å²) in [5, 5.41) is 21.9. The first kappa shape index (κ1) is 20.1. The number of benzene rings is 2. The van der Waals surface area contributed by atoms with Crippen molar-refractivity contribution in [1.29, 1.82) is 5.26 Å². The highest BCUT2D eigenvalue weighted by Gasteiger charge is 2.18. The minimum Gasteiger partial charge on any atom is -0.465 e. The zero-order valence-electron chi connectivity index (χ0n) is 15.5. The second-order valence-corrected chi connectivity index (χ2v) is 7.39. The quantitative estimate of drug-likeness (QED) is 0.334. The van der Waals surface area contributed by atoms with E-state index >= 15 is 0 Å². The van der Waals surface area contributed by atoms with Crippen molar-refractivity contribution in [1.82, 2.24) is 0 Å². The smallest absolute Gasteiger partial charge is 0.409 e. The van der Waals surface area contributed by atoms with E-state index in [2.05, 4.69) is 5.32 Å². The van der Waals surface area contributed by atoms with E-state index < -0.39 is 6.09 Å². The highest BCUT2D eigenvalue weighted by Crippen LogP contribution is 2.34. The molecule has 0 radical (unpaired) electrons. The fourth-order valence-corrected chi connectivity index (χ4v) is 4.02. The van der Waals surface area contributed by atoms with Crippen LogP contribution in [0.2, 0.25) is 0 Å². The molecule has 0 fully saturated rings. The van der Waals surface area contributed by atoms with Gasteiger partial charge in [0.2, 0.25) is 0 Å². The van der Waals surface area contributed by atoms with Gasteiger partial charge in [0.05, 0.1) is 11.3 Å². The van der Waals surface area contributed by atoms with E-state index in [1.54, 1.807) is 43.3 Å². The molecule has 29 heavy (non-hydrogen) atoms. The number of nitriles is 1. The third kappa shape index (κ3) is 4.43. The Kier molecular flexibility index (Phi) is 5.93. The maximum atomic E-state index is 12.6. The molecule has 7 nitrogen and oxygen atoms in total. The van der Waals surface area contributed by atoms with E-state index in [0.717, 1.165) is 21.0 Å². The molecule has 0 aliphatic carbocycles. The van der Waals surface area contributed by atoms with Crippen molar-refractivity contribution < 1.29 is 14.7 Å². The number of anilines is 2. The van der Waals surface area contributed by atoms with Gasteiger partial charge < -0.3 is 5.11 Å². The van der Waals surface area contributed by atoms with Gasteiger partial charge >= 0.3 is 6.09 Å². The zero-order chi connectivity index (χ0) is 21.0. The molecule has 8 heteroatoms. The summed E-state index contributed by atoms with van der Waals surface area (Å²) in [7, 11) is 0. The molecule has 0 bridgehead atoms. The van der Waals surface area contributed by atoms with Crippen LogP contribution < -0.4 is 16.2 Å². The van der Waals surface area contributed by atoms with Crippen LogP contribution in [0, 0.1) is 18.3 Å². The Hall–Kier alpha value is -3.67. The minimum absolute atomic E-state index is 0.320. The van der Waals surface area contributed by atoms with Crippen LogP contribution >= 0.6 is 11.3 Å². The number of hydrogen-bond acceptors (Lipinski definition) is 5. The van der Waals surface area contributed by atoms with Gasteiger partial charge in [-0.3, -0.25) is 10.1 Å². The highest BCUT2D eigenvalue weighted by molar-refractivity contribution is 7.16. The van der Waals surface area contributed by atoms with Crippen molar-refractivity contribution in [3.63, 3.8) is 0 Å². The van der Waals surface area contributed by atoms with Gasteiger partial charge in [0.15, 0.2) is 0 Å². The van der Waals surface area contributed by atoms with Gasteiger partial charge in [-0.1, -0.05) is 30.3 Å². The Balaban J connectivity index is 1.78. The van der Waals surface area contributed by atoms with E-state index in [4.69, 9.17) is 10.9 Å². The summed E-state index contributed by atoms with van der Waals surface area (Å²) in [6.45, 7) is 1.79. The molecule has 2 amide bonds. The summed E-state index contributed by atoms with van der Waals surface area (Å²) in [6, 6.07) is 18.0. The number of carbonyl (C=O) groups excluding carboxylic acids is 1. The van der Waals surface area contributed by atoms with Gasteiger partial charge in [-0.15, -0.1) is 11.3 Å². The third-order valence-corrected chi connectivity index (χ3v) is 5.60. The van der Waals surface area contributed by atoms with Gasteiger partial charge in [-0.25, -0.2) is 15.6 Å². The third-order valence-electron chi connectivity index (χ3n) is 4.40.